The van der Waals surface area contributed by atoms with Crippen molar-refractivity contribution in [1.82, 2.24) is 4.90 Å². The first-order chi connectivity index (χ1) is 11.7. The number of aliphatic imine (C=N–C) groups is 1. The van der Waals surface area contributed by atoms with E-state index >= 15 is 0 Å². The number of carbonyl (C=O) groups excluding carboxylic acids is 1. The quantitative estimate of drug-likeness (QED) is 0.784. The number of carbonyl (C=O) groups is 1. The van der Waals surface area contributed by atoms with Gasteiger partial charge < -0.3 is 9.47 Å². The number of nitrogens with zero attached hydrogens (tertiary/aromatic N) is 2. The van der Waals surface area contributed by atoms with Gasteiger partial charge in [0.1, 0.15) is 0 Å². The van der Waals surface area contributed by atoms with E-state index in [0.717, 1.165) is 17.0 Å². The molecule has 0 spiro atoms. The van der Waals surface area contributed by atoms with Crippen LogP contribution in [0.5, 0.6) is 11.5 Å². The van der Waals surface area contributed by atoms with Crippen molar-refractivity contribution in [2.75, 3.05) is 13.8 Å². The highest BCUT2D eigenvalue weighted by Crippen LogP contribution is 2.36. The molecule has 0 radical (unpaired) electrons. The Bertz CT molecular complexity index is 862. The van der Waals surface area contributed by atoms with Crippen molar-refractivity contribution in [2.45, 2.75) is 0 Å². The number of para-hydroxylation sites is 1. The zero-order chi connectivity index (χ0) is 16.5. The van der Waals surface area contributed by atoms with Crippen molar-refractivity contribution in [1.29, 1.82) is 0 Å². The maximum atomic E-state index is 12.4. The predicted octanol–water partition coefficient (Wildman–Crippen LogP) is 3.65. The van der Waals surface area contributed by atoms with Gasteiger partial charge in [-0.25, -0.2) is 4.99 Å². The number of thioether (sulfide) groups is 1. The van der Waals surface area contributed by atoms with E-state index in [2.05, 4.69) is 4.99 Å². The van der Waals surface area contributed by atoms with Crippen LogP contribution in [0.1, 0.15) is 5.56 Å². The average Bonchev–Trinajstić information content (AvgIpc) is 3.16. The Morgan fingerprint density at radius 1 is 1.12 bits per heavy atom. The normalized spacial score (nSPS) is 19.5. The van der Waals surface area contributed by atoms with Gasteiger partial charge in [0.2, 0.25) is 6.79 Å². The fourth-order valence-corrected chi connectivity index (χ4v) is 3.41. The molecule has 0 N–H and O–H groups in total. The molecular weight excluding hydrogens is 324 g/mol. The molecule has 0 bridgehead atoms. The van der Waals surface area contributed by atoms with Crippen molar-refractivity contribution in [3.05, 3.63) is 59.0 Å². The topological polar surface area (TPSA) is 51.1 Å². The zero-order valence-corrected chi connectivity index (χ0v) is 13.7. The molecule has 5 nitrogen and oxygen atoms in total. The summed E-state index contributed by atoms with van der Waals surface area (Å²) in [6.07, 6.45) is 1.85. The summed E-state index contributed by atoms with van der Waals surface area (Å²) in [4.78, 5) is 19.2. The van der Waals surface area contributed by atoms with E-state index in [1.807, 2.05) is 54.6 Å². The Labute approximate surface area is 143 Å². The van der Waals surface area contributed by atoms with E-state index in [1.54, 1.807) is 11.9 Å². The number of benzene rings is 2. The predicted molar refractivity (Wildman–Crippen MR) is 94.4 cm³/mol. The van der Waals surface area contributed by atoms with E-state index in [1.165, 1.54) is 11.8 Å². The summed E-state index contributed by atoms with van der Waals surface area (Å²) >= 11 is 1.37. The number of rotatable bonds is 2. The molecule has 0 aromatic heterocycles. The van der Waals surface area contributed by atoms with E-state index in [9.17, 15) is 4.79 Å². The second-order valence-electron chi connectivity index (χ2n) is 5.32. The van der Waals surface area contributed by atoms with Crippen molar-refractivity contribution < 1.29 is 14.3 Å². The van der Waals surface area contributed by atoms with Gasteiger partial charge in [0, 0.05) is 7.05 Å². The Kier molecular flexibility index (Phi) is 3.74. The molecule has 6 heteroatoms. The summed E-state index contributed by atoms with van der Waals surface area (Å²) in [5.41, 5.74) is 1.72. The standard InChI is InChI=1S/C18H14N2O3S/c1-20-17(21)16(24-18(20)19-13-5-3-2-4-6-13)10-12-7-8-14-15(9-12)23-11-22-14/h2-10H,11H2,1H3/b16-10+,19-18?. The van der Waals surface area contributed by atoms with Crippen LogP contribution in [0.3, 0.4) is 0 Å². The van der Waals surface area contributed by atoms with Gasteiger partial charge in [-0.2, -0.15) is 0 Å². The van der Waals surface area contributed by atoms with E-state index in [-0.39, 0.29) is 12.7 Å². The van der Waals surface area contributed by atoms with Crippen LogP contribution in [-0.4, -0.2) is 29.8 Å². The van der Waals surface area contributed by atoms with Gasteiger partial charge in [-0.15, -0.1) is 0 Å². The number of amides is 1. The van der Waals surface area contributed by atoms with Crippen LogP contribution in [0, 0.1) is 0 Å². The monoisotopic (exact) mass is 338 g/mol. The van der Waals surface area contributed by atoms with Crippen LogP contribution >= 0.6 is 11.8 Å². The third-order valence-corrected chi connectivity index (χ3v) is 4.74. The number of fused-ring (bicyclic) bond motifs is 1. The Balaban J connectivity index is 1.62. The first-order valence-electron chi connectivity index (χ1n) is 7.42. The lowest BCUT2D eigenvalue weighted by atomic mass is 10.2. The maximum absolute atomic E-state index is 12.4. The summed E-state index contributed by atoms with van der Waals surface area (Å²) in [6, 6.07) is 15.2. The highest BCUT2D eigenvalue weighted by atomic mass is 32.2. The number of likely N-dealkylation sites (N-methyl/N-ethyl adjacent to an activating group) is 1. The van der Waals surface area contributed by atoms with Gasteiger partial charge >= 0.3 is 0 Å². The lowest BCUT2D eigenvalue weighted by Crippen LogP contribution is -2.23. The molecule has 1 saturated heterocycles. The first-order valence-corrected chi connectivity index (χ1v) is 8.23. The SMILES string of the molecule is CN1C(=O)/C(=C\c2ccc3c(c2)OCO3)SC1=Nc1ccccc1. The van der Waals surface area contributed by atoms with E-state index in [4.69, 9.17) is 9.47 Å². The number of ether oxygens (including phenoxy) is 2. The van der Waals surface area contributed by atoms with Crippen LogP contribution < -0.4 is 9.47 Å². The molecule has 2 aromatic rings. The van der Waals surface area contributed by atoms with Gasteiger partial charge in [0.15, 0.2) is 16.7 Å². The second kappa shape index (κ2) is 6.05. The maximum Gasteiger partial charge on any atom is 0.266 e. The molecule has 2 heterocycles. The minimum Gasteiger partial charge on any atom is -0.454 e. The molecule has 1 amide bonds. The van der Waals surface area contributed by atoms with Crippen molar-refractivity contribution in [3.63, 3.8) is 0 Å². The number of hydrogen-bond donors (Lipinski definition) is 0. The smallest absolute Gasteiger partial charge is 0.266 e. The fourth-order valence-electron chi connectivity index (χ4n) is 2.42. The fraction of sp³-hybridized carbons (Fsp3) is 0.111. The van der Waals surface area contributed by atoms with Gasteiger partial charge in [-0.1, -0.05) is 24.3 Å². The Morgan fingerprint density at radius 2 is 1.92 bits per heavy atom. The molecule has 2 aliphatic rings. The molecule has 0 unspecified atom stereocenters. The summed E-state index contributed by atoms with van der Waals surface area (Å²) in [5, 5.41) is 0.665. The van der Waals surface area contributed by atoms with Crippen LogP contribution in [0.15, 0.2) is 58.4 Å². The van der Waals surface area contributed by atoms with Gasteiger partial charge in [0.25, 0.3) is 5.91 Å². The molecule has 1 fully saturated rings. The zero-order valence-electron chi connectivity index (χ0n) is 12.9. The molecule has 0 aliphatic carbocycles. The molecule has 4 rings (SSSR count). The molecule has 2 aromatic carbocycles. The second-order valence-corrected chi connectivity index (χ2v) is 6.33. The van der Waals surface area contributed by atoms with Crippen molar-refractivity contribution in [3.8, 4) is 11.5 Å². The Morgan fingerprint density at radius 3 is 2.75 bits per heavy atom. The lowest BCUT2D eigenvalue weighted by Gasteiger charge is -2.06. The third-order valence-electron chi connectivity index (χ3n) is 3.68. The molecular formula is C18H14N2O3S. The molecule has 0 saturated carbocycles. The molecule has 0 atom stereocenters. The van der Waals surface area contributed by atoms with Crippen LogP contribution in [0.25, 0.3) is 6.08 Å². The van der Waals surface area contributed by atoms with Gasteiger partial charge in [-0.05, 0) is 47.7 Å². The highest BCUT2D eigenvalue weighted by molar-refractivity contribution is 8.18. The minimum absolute atomic E-state index is 0.0626. The summed E-state index contributed by atoms with van der Waals surface area (Å²) in [7, 11) is 1.73. The van der Waals surface area contributed by atoms with E-state index in [0.29, 0.717) is 15.8 Å². The Hall–Kier alpha value is -2.73. The molecule has 24 heavy (non-hydrogen) atoms. The number of hydrogen-bond acceptors (Lipinski definition) is 5. The van der Waals surface area contributed by atoms with Crippen LogP contribution in [-0.2, 0) is 4.79 Å². The minimum atomic E-state index is -0.0626. The number of amidine groups is 1. The van der Waals surface area contributed by atoms with Crippen LogP contribution in [0.4, 0.5) is 5.69 Å². The van der Waals surface area contributed by atoms with Gasteiger partial charge in [-0.3, -0.25) is 9.69 Å². The van der Waals surface area contributed by atoms with Crippen molar-refractivity contribution in [2.24, 2.45) is 4.99 Å². The van der Waals surface area contributed by atoms with Crippen LogP contribution in [0.2, 0.25) is 0 Å². The van der Waals surface area contributed by atoms with Crippen molar-refractivity contribution >= 4 is 34.6 Å². The lowest BCUT2D eigenvalue weighted by molar-refractivity contribution is -0.121. The summed E-state index contributed by atoms with van der Waals surface area (Å²) in [6.45, 7) is 0.236. The van der Waals surface area contributed by atoms with Gasteiger partial charge in [0.05, 0.1) is 10.6 Å². The molecule has 120 valence electrons. The third kappa shape index (κ3) is 2.76. The first kappa shape index (κ1) is 14.8. The largest absolute Gasteiger partial charge is 0.454 e. The summed E-state index contributed by atoms with van der Waals surface area (Å²) < 4.78 is 10.7. The summed E-state index contributed by atoms with van der Waals surface area (Å²) in [5.74, 6) is 1.37. The molecule has 2 aliphatic heterocycles. The highest BCUT2D eigenvalue weighted by Gasteiger charge is 2.30. The average molecular weight is 338 g/mol. The van der Waals surface area contributed by atoms with E-state index < -0.39 is 0 Å².